The van der Waals surface area contributed by atoms with Crippen LogP contribution in [0.15, 0.2) is 64.0 Å². The summed E-state index contributed by atoms with van der Waals surface area (Å²) in [5.74, 6) is -0.666. The fourth-order valence-corrected chi connectivity index (χ4v) is 5.68. The molecule has 35 heavy (non-hydrogen) atoms. The van der Waals surface area contributed by atoms with E-state index in [9.17, 15) is 9.59 Å². The van der Waals surface area contributed by atoms with Crippen molar-refractivity contribution in [1.82, 2.24) is 14.4 Å². The van der Waals surface area contributed by atoms with Crippen LogP contribution in [0.25, 0.3) is 21.1 Å². The minimum absolute atomic E-state index is 0.0874. The smallest absolute Gasteiger partial charge is 0.271 e. The minimum atomic E-state index is -0.526. The van der Waals surface area contributed by atoms with Gasteiger partial charge in [-0.1, -0.05) is 30.3 Å². The number of benzene rings is 2. The van der Waals surface area contributed by atoms with Gasteiger partial charge >= 0.3 is 0 Å². The Balaban J connectivity index is 1.43. The molecule has 2 aromatic heterocycles. The summed E-state index contributed by atoms with van der Waals surface area (Å²) in [7, 11) is 0. The first-order valence-electron chi connectivity index (χ1n) is 11.5. The van der Waals surface area contributed by atoms with E-state index in [1.165, 1.54) is 6.07 Å². The van der Waals surface area contributed by atoms with E-state index in [0.717, 1.165) is 29.9 Å². The second-order valence-corrected chi connectivity index (χ2v) is 9.77. The monoisotopic (exact) mass is 493 g/mol. The van der Waals surface area contributed by atoms with Gasteiger partial charge in [-0.05, 0) is 42.1 Å². The molecule has 1 saturated carbocycles. The highest BCUT2D eigenvalue weighted by atomic mass is 32.1. The van der Waals surface area contributed by atoms with Gasteiger partial charge in [0.25, 0.3) is 5.56 Å². The number of nitrogens with one attached hydrogen (secondary N) is 2. The molecule has 2 aliphatic rings. The van der Waals surface area contributed by atoms with Crippen molar-refractivity contribution >= 4 is 38.3 Å². The van der Waals surface area contributed by atoms with Crippen molar-refractivity contribution in [3.63, 3.8) is 0 Å². The number of hydrogen-bond donors (Lipinski definition) is 3. The van der Waals surface area contributed by atoms with Gasteiger partial charge in [0.1, 0.15) is 16.0 Å². The SMILES string of the molecule is NCC1CN(c2c(F)ccc3c2c(=O)c2c(=O)[nH]sc2n3C2CC2)C=C1NOCc1ccccc1. The van der Waals surface area contributed by atoms with Gasteiger partial charge in [0, 0.05) is 31.2 Å². The predicted molar refractivity (Wildman–Crippen MR) is 135 cm³/mol. The number of H-pyrrole nitrogens is 1. The number of hydrogen-bond acceptors (Lipinski definition) is 7. The standard InChI is InChI=1S/C25H24FN5O3S/c26-17-8-9-19-20(23(32)21-24(33)29-35-25(21)31(19)16-6-7-16)22(17)30-11-15(10-27)18(12-30)28-34-13-14-4-2-1-3-5-14/h1-5,8-9,12,15-16,28H,6-7,10-11,13,27H2,(H,29,33). The van der Waals surface area contributed by atoms with E-state index < -0.39 is 16.8 Å². The first-order valence-corrected chi connectivity index (χ1v) is 12.4. The van der Waals surface area contributed by atoms with Gasteiger partial charge in [0.05, 0.1) is 28.9 Å². The molecular weight excluding hydrogens is 469 g/mol. The van der Waals surface area contributed by atoms with Gasteiger partial charge in [-0.3, -0.25) is 24.3 Å². The summed E-state index contributed by atoms with van der Waals surface area (Å²) in [6.07, 6.45) is 3.65. The molecule has 4 aromatic rings. The van der Waals surface area contributed by atoms with Gasteiger partial charge in [0.15, 0.2) is 0 Å². The lowest BCUT2D eigenvalue weighted by Crippen LogP contribution is -2.28. The Morgan fingerprint density at radius 2 is 1.94 bits per heavy atom. The number of halogens is 1. The maximum atomic E-state index is 15.4. The highest BCUT2D eigenvalue weighted by Crippen LogP contribution is 2.42. The largest absolute Gasteiger partial charge is 0.342 e. The second kappa shape index (κ2) is 8.63. The fraction of sp³-hybridized carbons (Fsp3) is 0.280. The van der Waals surface area contributed by atoms with E-state index in [-0.39, 0.29) is 28.4 Å². The lowest BCUT2D eigenvalue weighted by molar-refractivity contribution is 0.0440. The van der Waals surface area contributed by atoms with Gasteiger partial charge < -0.3 is 15.2 Å². The number of pyridine rings is 1. The van der Waals surface area contributed by atoms with Crippen molar-refractivity contribution in [2.24, 2.45) is 11.7 Å². The van der Waals surface area contributed by atoms with Crippen LogP contribution in [0.4, 0.5) is 10.1 Å². The molecule has 0 spiro atoms. The van der Waals surface area contributed by atoms with Crippen molar-refractivity contribution in [3.8, 4) is 0 Å². The lowest BCUT2D eigenvalue weighted by atomic mass is 10.1. The number of aromatic amines is 1. The molecule has 2 aromatic carbocycles. The molecule has 1 aliphatic heterocycles. The maximum absolute atomic E-state index is 15.4. The maximum Gasteiger partial charge on any atom is 0.271 e. The summed E-state index contributed by atoms with van der Waals surface area (Å²) in [6, 6.07) is 12.9. The van der Waals surface area contributed by atoms with Crippen LogP contribution >= 0.6 is 11.5 Å². The van der Waals surface area contributed by atoms with Crippen molar-refractivity contribution in [1.29, 1.82) is 0 Å². The van der Waals surface area contributed by atoms with Crippen molar-refractivity contribution in [2.75, 3.05) is 18.0 Å². The molecule has 1 fully saturated rings. The first-order chi connectivity index (χ1) is 17.1. The van der Waals surface area contributed by atoms with Crippen molar-refractivity contribution < 1.29 is 9.23 Å². The molecule has 1 atom stereocenters. The Morgan fingerprint density at radius 1 is 1.14 bits per heavy atom. The van der Waals surface area contributed by atoms with E-state index in [0.29, 0.717) is 35.7 Å². The Labute approximate surface area is 203 Å². The van der Waals surface area contributed by atoms with E-state index >= 15 is 4.39 Å². The van der Waals surface area contributed by atoms with Crippen molar-refractivity contribution in [3.05, 3.63) is 86.3 Å². The number of aromatic nitrogens is 2. The molecule has 3 heterocycles. The molecule has 10 heteroatoms. The Hall–Kier alpha value is -3.47. The van der Waals surface area contributed by atoms with E-state index in [1.807, 2.05) is 34.9 Å². The zero-order chi connectivity index (χ0) is 24.1. The predicted octanol–water partition coefficient (Wildman–Crippen LogP) is 3.34. The molecule has 8 nitrogen and oxygen atoms in total. The molecule has 0 bridgehead atoms. The Morgan fingerprint density at radius 3 is 2.69 bits per heavy atom. The fourth-order valence-electron chi connectivity index (χ4n) is 4.76. The van der Waals surface area contributed by atoms with Gasteiger partial charge in [-0.2, -0.15) is 0 Å². The number of anilines is 1. The second-order valence-electron chi connectivity index (χ2n) is 8.98. The Kier molecular flexibility index (Phi) is 5.43. The van der Waals surface area contributed by atoms with E-state index in [1.54, 1.807) is 17.2 Å². The highest BCUT2D eigenvalue weighted by molar-refractivity contribution is 7.12. The molecule has 4 N–H and O–H groups in total. The number of hydroxylamine groups is 1. The Bertz CT molecular complexity index is 1570. The summed E-state index contributed by atoms with van der Waals surface area (Å²) < 4.78 is 20.1. The normalized spacial score (nSPS) is 17.9. The third kappa shape index (κ3) is 3.74. The zero-order valence-electron chi connectivity index (χ0n) is 18.8. The summed E-state index contributed by atoms with van der Waals surface area (Å²) in [6.45, 7) is 1.05. The number of fused-ring (bicyclic) bond motifs is 2. The molecule has 180 valence electrons. The quantitative estimate of drug-likeness (QED) is 0.341. The summed E-state index contributed by atoms with van der Waals surface area (Å²) in [4.78, 5) is 34.1. The molecule has 6 rings (SSSR count). The average molecular weight is 494 g/mol. The zero-order valence-corrected chi connectivity index (χ0v) is 19.6. The number of rotatable bonds is 7. The number of nitrogens with zero attached hydrogens (tertiary/aromatic N) is 2. The summed E-state index contributed by atoms with van der Waals surface area (Å²) in [5.41, 5.74) is 10.6. The van der Waals surface area contributed by atoms with Crippen LogP contribution in [-0.2, 0) is 11.4 Å². The molecule has 0 radical (unpaired) electrons. The minimum Gasteiger partial charge on any atom is -0.342 e. The van der Waals surface area contributed by atoms with E-state index in [2.05, 4.69) is 9.85 Å². The molecule has 1 unspecified atom stereocenters. The molecule has 0 amide bonds. The van der Waals surface area contributed by atoms with Crippen LogP contribution in [-0.4, -0.2) is 22.0 Å². The third-order valence-electron chi connectivity index (χ3n) is 6.63. The summed E-state index contributed by atoms with van der Waals surface area (Å²) >= 11 is 1.15. The summed E-state index contributed by atoms with van der Waals surface area (Å²) in [5, 5.41) is 0.302. The lowest BCUT2D eigenvalue weighted by Gasteiger charge is -2.21. The third-order valence-corrected chi connectivity index (χ3v) is 7.51. The van der Waals surface area contributed by atoms with Crippen LogP contribution in [0.5, 0.6) is 0 Å². The topological polar surface area (TPSA) is 105 Å². The van der Waals surface area contributed by atoms with Crippen LogP contribution in [0.2, 0.25) is 0 Å². The first kappa shape index (κ1) is 22.0. The van der Waals surface area contributed by atoms with Crippen LogP contribution in [0.1, 0.15) is 24.4 Å². The molecule has 0 saturated heterocycles. The van der Waals surface area contributed by atoms with Crippen LogP contribution in [0, 0.1) is 11.7 Å². The van der Waals surface area contributed by atoms with Gasteiger partial charge in [0.2, 0.25) is 5.43 Å². The van der Waals surface area contributed by atoms with Crippen LogP contribution < -0.4 is 27.1 Å². The van der Waals surface area contributed by atoms with E-state index in [4.69, 9.17) is 10.6 Å². The average Bonchev–Trinajstić information content (AvgIpc) is 3.51. The van der Waals surface area contributed by atoms with Crippen LogP contribution in [0.3, 0.4) is 0 Å². The molecule has 1 aliphatic carbocycles. The number of nitrogens with two attached hydrogens (primary N) is 1. The molecular formula is C25H24FN5O3S. The van der Waals surface area contributed by atoms with Gasteiger partial charge in [-0.15, -0.1) is 0 Å². The highest BCUT2D eigenvalue weighted by Gasteiger charge is 2.32. The van der Waals surface area contributed by atoms with Crippen molar-refractivity contribution in [2.45, 2.75) is 25.5 Å². The van der Waals surface area contributed by atoms with Gasteiger partial charge in [-0.25, -0.2) is 4.39 Å².